The number of aromatic nitrogens is 4. The molecule has 0 radical (unpaired) electrons. The Hall–Kier alpha value is -3.38. The molecule has 0 aliphatic heterocycles. The Morgan fingerprint density at radius 3 is 2.74 bits per heavy atom. The van der Waals surface area contributed by atoms with Crippen LogP contribution >= 0.6 is 11.8 Å². The molecular weight excluding hydrogens is 362 g/mol. The van der Waals surface area contributed by atoms with E-state index in [-0.39, 0.29) is 17.3 Å². The molecule has 0 spiro atoms. The number of carbonyl (C=O) groups excluding carboxylic acids is 1. The van der Waals surface area contributed by atoms with E-state index in [9.17, 15) is 10.1 Å². The lowest BCUT2D eigenvalue weighted by Gasteiger charge is -2.10. The van der Waals surface area contributed by atoms with E-state index < -0.39 is 0 Å². The predicted molar refractivity (Wildman–Crippen MR) is 104 cm³/mol. The smallest absolute Gasteiger partial charge is 0.221 e. The zero-order chi connectivity index (χ0) is 19.2. The number of anilines is 2. The van der Waals surface area contributed by atoms with Crippen LogP contribution in [0.15, 0.2) is 48.1 Å². The lowest BCUT2D eigenvalue weighted by molar-refractivity contribution is -0.114. The third kappa shape index (κ3) is 4.62. The monoisotopic (exact) mass is 379 g/mol. The number of imidazole rings is 1. The zero-order valence-corrected chi connectivity index (χ0v) is 15.4. The number of rotatable bonds is 6. The number of carbonyl (C=O) groups is 1. The molecule has 2 heterocycles. The molecule has 1 amide bonds. The fourth-order valence-electron chi connectivity index (χ4n) is 2.42. The molecule has 3 aromatic rings. The SMILES string of the molecule is CC(=O)Nc1ccc(-c2nc(SCCn3ccnc3)nc(N)c2C#N)cc1. The number of nitrogens with one attached hydrogen (secondary N) is 1. The van der Waals surface area contributed by atoms with Gasteiger partial charge in [0.1, 0.15) is 17.5 Å². The van der Waals surface area contributed by atoms with E-state index in [1.165, 1.54) is 18.7 Å². The lowest BCUT2D eigenvalue weighted by atomic mass is 10.1. The van der Waals surface area contributed by atoms with E-state index in [0.717, 1.165) is 17.9 Å². The summed E-state index contributed by atoms with van der Waals surface area (Å²) < 4.78 is 1.96. The van der Waals surface area contributed by atoms with Gasteiger partial charge >= 0.3 is 0 Å². The standard InChI is InChI=1S/C18H17N7OS/c1-12(26)22-14-4-2-13(3-5-14)16-15(10-19)17(20)24-18(23-16)27-9-8-25-7-6-21-11-25/h2-7,11H,8-9H2,1H3,(H,22,26)(H2,20,23,24). The van der Waals surface area contributed by atoms with Gasteiger partial charge in [-0.2, -0.15) is 5.26 Å². The number of nitrogens with two attached hydrogens (primary N) is 1. The van der Waals surface area contributed by atoms with Crippen molar-refractivity contribution in [3.05, 3.63) is 48.5 Å². The first-order chi connectivity index (χ1) is 13.1. The second kappa shape index (κ2) is 8.33. The normalized spacial score (nSPS) is 10.4. The molecule has 3 rings (SSSR count). The maximum absolute atomic E-state index is 11.1. The van der Waals surface area contributed by atoms with Gasteiger partial charge in [0.25, 0.3) is 0 Å². The third-order valence-electron chi connectivity index (χ3n) is 3.65. The molecule has 0 saturated heterocycles. The average molecular weight is 379 g/mol. The van der Waals surface area contributed by atoms with Crippen molar-refractivity contribution < 1.29 is 4.79 Å². The maximum atomic E-state index is 11.1. The summed E-state index contributed by atoms with van der Waals surface area (Å²) in [5.74, 6) is 0.740. The third-order valence-corrected chi connectivity index (χ3v) is 4.47. The van der Waals surface area contributed by atoms with Crippen LogP contribution in [0.2, 0.25) is 0 Å². The van der Waals surface area contributed by atoms with E-state index >= 15 is 0 Å². The van der Waals surface area contributed by atoms with Crippen LogP contribution in [-0.4, -0.2) is 31.2 Å². The highest BCUT2D eigenvalue weighted by atomic mass is 32.2. The Morgan fingerprint density at radius 2 is 2.11 bits per heavy atom. The van der Waals surface area contributed by atoms with E-state index in [4.69, 9.17) is 5.73 Å². The fraction of sp³-hybridized carbons (Fsp3) is 0.167. The quantitative estimate of drug-likeness (QED) is 0.498. The Balaban J connectivity index is 1.83. The molecule has 27 heavy (non-hydrogen) atoms. The average Bonchev–Trinajstić information content (AvgIpc) is 3.15. The first-order valence-electron chi connectivity index (χ1n) is 8.11. The van der Waals surface area contributed by atoms with Crippen molar-refractivity contribution in [1.29, 1.82) is 5.26 Å². The molecule has 1 aromatic carbocycles. The van der Waals surface area contributed by atoms with Gasteiger partial charge in [-0.25, -0.2) is 15.0 Å². The number of aryl methyl sites for hydroxylation is 1. The molecule has 2 aromatic heterocycles. The van der Waals surface area contributed by atoms with Crippen LogP contribution in [0.4, 0.5) is 11.5 Å². The molecule has 9 heteroatoms. The van der Waals surface area contributed by atoms with Crippen LogP contribution in [0.5, 0.6) is 0 Å². The Labute approximate surface area is 160 Å². The van der Waals surface area contributed by atoms with Crippen molar-refractivity contribution in [2.75, 3.05) is 16.8 Å². The van der Waals surface area contributed by atoms with Crippen LogP contribution in [0.3, 0.4) is 0 Å². The molecule has 0 bridgehead atoms. The first kappa shape index (κ1) is 18.4. The zero-order valence-electron chi connectivity index (χ0n) is 14.6. The number of benzene rings is 1. The number of hydrogen-bond donors (Lipinski definition) is 2. The van der Waals surface area contributed by atoms with Gasteiger partial charge in [0.2, 0.25) is 5.91 Å². The minimum atomic E-state index is -0.150. The molecule has 136 valence electrons. The summed E-state index contributed by atoms with van der Waals surface area (Å²) >= 11 is 1.46. The van der Waals surface area contributed by atoms with Crippen molar-refractivity contribution in [1.82, 2.24) is 19.5 Å². The summed E-state index contributed by atoms with van der Waals surface area (Å²) in [5, 5.41) is 12.7. The van der Waals surface area contributed by atoms with Gasteiger partial charge in [-0.15, -0.1) is 0 Å². The summed E-state index contributed by atoms with van der Waals surface area (Å²) in [7, 11) is 0. The van der Waals surface area contributed by atoms with Crippen molar-refractivity contribution in [3.63, 3.8) is 0 Å². The van der Waals surface area contributed by atoms with Gasteiger partial charge in [0.15, 0.2) is 5.16 Å². The highest BCUT2D eigenvalue weighted by Crippen LogP contribution is 2.28. The molecule has 0 unspecified atom stereocenters. The molecule has 8 nitrogen and oxygen atoms in total. The van der Waals surface area contributed by atoms with Crippen LogP contribution < -0.4 is 11.1 Å². The number of amides is 1. The van der Waals surface area contributed by atoms with Crippen molar-refractivity contribution in [2.24, 2.45) is 0 Å². The first-order valence-corrected chi connectivity index (χ1v) is 9.09. The van der Waals surface area contributed by atoms with Crippen molar-refractivity contribution in [2.45, 2.75) is 18.6 Å². The summed E-state index contributed by atoms with van der Waals surface area (Å²) in [6, 6.07) is 9.15. The van der Waals surface area contributed by atoms with Crippen LogP contribution in [0.1, 0.15) is 12.5 Å². The number of nitriles is 1. The molecular formula is C18H17N7OS. The van der Waals surface area contributed by atoms with E-state index in [1.54, 1.807) is 36.8 Å². The molecule has 0 aliphatic rings. The molecule has 0 atom stereocenters. The van der Waals surface area contributed by atoms with Gasteiger partial charge in [0.05, 0.1) is 12.0 Å². The van der Waals surface area contributed by atoms with Gasteiger partial charge in [-0.3, -0.25) is 4.79 Å². The van der Waals surface area contributed by atoms with E-state index in [0.29, 0.717) is 16.5 Å². The fourth-order valence-corrected chi connectivity index (χ4v) is 3.22. The molecule has 3 N–H and O–H groups in total. The number of hydrogen-bond acceptors (Lipinski definition) is 7. The second-order valence-corrected chi connectivity index (χ2v) is 6.70. The topological polar surface area (TPSA) is 123 Å². The highest BCUT2D eigenvalue weighted by molar-refractivity contribution is 7.99. The minimum Gasteiger partial charge on any atom is -0.382 e. The van der Waals surface area contributed by atoms with Crippen molar-refractivity contribution >= 4 is 29.2 Å². The summed E-state index contributed by atoms with van der Waals surface area (Å²) in [4.78, 5) is 23.9. The number of thioether (sulfide) groups is 1. The number of nitrogens with zero attached hydrogens (tertiary/aromatic N) is 5. The van der Waals surface area contributed by atoms with Gasteiger partial charge in [-0.05, 0) is 12.1 Å². The number of nitrogen functional groups attached to an aromatic ring is 1. The highest BCUT2D eigenvalue weighted by Gasteiger charge is 2.14. The Kier molecular flexibility index (Phi) is 5.68. The van der Waals surface area contributed by atoms with Crippen LogP contribution in [-0.2, 0) is 11.3 Å². The maximum Gasteiger partial charge on any atom is 0.221 e. The van der Waals surface area contributed by atoms with Gasteiger partial charge < -0.3 is 15.6 Å². The Bertz CT molecular complexity index is 978. The Morgan fingerprint density at radius 1 is 1.33 bits per heavy atom. The van der Waals surface area contributed by atoms with Gasteiger partial charge in [-0.1, -0.05) is 23.9 Å². The second-order valence-electron chi connectivity index (χ2n) is 5.63. The van der Waals surface area contributed by atoms with E-state index in [1.807, 2.05) is 10.8 Å². The largest absolute Gasteiger partial charge is 0.382 e. The summed E-state index contributed by atoms with van der Waals surface area (Å²) in [5.41, 5.74) is 8.08. The van der Waals surface area contributed by atoms with Crippen LogP contribution in [0, 0.1) is 11.3 Å². The molecule has 0 aliphatic carbocycles. The molecule has 0 saturated carbocycles. The molecule has 0 fully saturated rings. The van der Waals surface area contributed by atoms with E-state index in [2.05, 4.69) is 26.3 Å². The van der Waals surface area contributed by atoms with Gasteiger partial charge in [0, 0.05) is 42.9 Å². The van der Waals surface area contributed by atoms with Crippen LogP contribution in [0.25, 0.3) is 11.3 Å². The lowest BCUT2D eigenvalue weighted by Crippen LogP contribution is -2.06. The minimum absolute atomic E-state index is 0.150. The van der Waals surface area contributed by atoms with Crippen molar-refractivity contribution in [3.8, 4) is 17.3 Å². The predicted octanol–water partition coefficient (Wildman–Crippen LogP) is 2.54. The summed E-state index contributed by atoms with van der Waals surface area (Å²) in [6.07, 6.45) is 5.36. The summed E-state index contributed by atoms with van der Waals surface area (Å²) in [6.45, 7) is 2.20.